The second-order valence-electron chi connectivity index (χ2n) is 12.9. The van der Waals surface area contributed by atoms with Gasteiger partial charge in [-0.15, -0.1) is 0 Å². The molecule has 1 N–H and O–H groups in total. The number of piperidine rings is 2. The van der Waals surface area contributed by atoms with Gasteiger partial charge in [-0.1, -0.05) is 39.0 Å². The predicted octanol–water partition coefficient (Wildman–Crippen LogP) is 5.01. The fourth-order valence-corrected chi connectivity index (χ4v) is 7.39. The molecule has 1 unspecified atom stereocenters. The minimum absolute atomic E-state index is 0.0557. The Kier molecular flexibility index (Phi) is 11.6. The maximum Gasteiger partial charge on any atom is 0.490 e. The number of aryl methyl sites for hydroxylation is 1. The van der Waals surface area contributed by atoms with Crippen LogP contribution in [0.5, 0.6) is 0 Å². The van der Waals surface area contributed by atoms with E-state index in [1.165, 1.54) is 32.1 Å². The molecule has 4 fully saturated rings. The lowest BCUT2D eigenvalue weighted by atomic mass is 9.80. The number of halogens is 3. The molecule has 1 aliphatic carbocycles. The van der Waals surface area contributed by atoms with Crippen molar-refractivity contribution in [3.8, 4) is 0 Å². The number of alkyl halides is 3. The second kappa shape index (κ2) is 15.0. The van der Waals surface area contributed by atoms with Crippen LogP contribution in [0.2, 0.25) is 0 Å². The molecular weight excluding hydrogens is 579 g/mol. The van der Waals surface area contributed by atoms with Crippen LogP contribution < -0.4 is 0 Å². The van der Waals surface area contributed by atoms with Gasteiger partial charge in [-0.2, -0.15) is 13.2 Å². The summed E-state index contributed by atoms with van der Waals surface area (Å²) >= 11 is 0. The van der Waals surface area contributed by atoms with Crippen LogP contribution in [-0.2, 0) is 27.8 Å². The van der Waals surface area contributed by atoms with Gasteiger partial charge >= 0.3 is 18.2 Å². The Morgan fingerprint density at radius 3 is 2.25 bits per heavy atom. The molecule has 0 aromatic carbocycles. The molecule has 248 valence electrons. The number of hydrogen-bond acceptors (Lipinski definition) is 6. The number of carboxylic acids is 1. The Morgan fingerprint density at radius 1 is 1.07 bits per heavy atom. The predicted molar refractivity (Wildman–Crippen MR) is 157 cm³/mol. The lowest BCUT2D eigenvalue weighted by Gasteiger charge is -2.46. The van der Waals surface area contributed by atoms with Crippen molar-refractivity contribution >= 4 is 18.0 Å². The highest BCUT2D eigenvalue weighted by Gasteiger charge is 2.55. The van der Waals surface area contributed by atoms with E-state index in [1.807, 2.05) is 22.7 Å². The number of carbonyl (C=O) groups is 3. The number of unbranched alkanes of at least 4 members (excludes halogenated alkanes) is 1. The molecule has 1 aromatic rings. The summed E-state index contributed by atoms with van der Waals surface area (Å²) in [7, 11) is 1.93. The third-order valence-electron chi connectivity index (χ3n) is 9.83. The van der Waals surface area contributed by atoms with E-state index in [9.17, 15) is 22.8 Å². The van der Waals surface area contributed by atoms with Crippen LogP contribution in [0.4, 0.5) is 18.0 Å². The van der Waals surface area contributed by atoms with Crippen molar-refractivity contribution in [1.29, 1.82) is 0 Å². The maximum atomic E-state index is 13.2. The summed E-state index contributed by atoms with van der Waals surface area (Å²) in [5.41, 5.74) is 0.536. The standard InChI is InChI=1S/C29H47N5O3.C2HF3O2/c1-3-4-10-26-29(37-28(36)34(26)20-23-8-6-5-7-9-23)13-17-32(18-14-29)25-11-15-33(16-12-25)27(35)19-24-21-31(2)22-30-24;3-2(4,5)1(6)7/h21-23,25-26H,3-20H2,1-2H3;(H,6,7). The van der Waals surface area contributed by atoms with Gasteiger partial charge < -0.3 is 24.2 Å². The van der Waals surface area contributed by atoms with Gasteiger partial charge in [0.25, 0.3) is 0 Å². The van der Waals surface area contributed by atoms with Crippen LogP contribution >= 0.6 is 0 Å². The zero-order valence-corrected chi connectivity index (χ0v) is 26.1. The third-order valence-corrected chi connectivity index (χ3v) is 9.83. The SMILES string of the molecule is CCCCC1N(CC2CCCCC2)C(=O)OC12CCN(C1CCN(C(=O)Cc3cn(C)cn3)CC1)CC2.O=C(O)C(F)(F)F. The average Bonchev–Trinajstić information content (AvgIpc) is 3.51. The summed E-state index contributed by atoms with van der Waals surface area (Å²) in [5.74, 6) is -1.93. The minimum Gasteiger partial charge on any atom is -0.475 e. The lowest BCUT2D eigenvalue weighted by molar-refractivity contribution is -0.192. The molecule has 44 heavy (non-hydrogen) atoms. The van der Waals surface area contributed by atoms with E-state index in [2.05, 4.69) is 21.7 Å². The molecule has 1 aromatic heterocycles. The molecule has 5 rings (SSSR count). The Morgan fingerprint density at radius 2 is 1.70 bits per heavy atom. The number of carboxylic acid groups (broad SMARTS) is 1. The number of imidazole rings is 1. The second-order valence-corrected chi connectivity index (χ2v) is 12.9. The van der Waals surface area contributed by atoms with E-state index < -0.39 is 12.1 Å². The summed E-state index contributed by atoms with van der Waals surface area (Å²) in [6.45, 7) is 6.75. The first-order valence-electron chi connectivity index (χ1n) is 16.2. The quantitative estimate of drug-likeness (QED) is 0.432. The first kappa shape index (κ1) is 34.1. The van der Waals surface area contributed by atoms with E-state index >= 15 is 0 Å². The van der Waals surface area contributed by atoms with E-state index in [1.54, 1.807) is 6.33 Å². The lowest BCUT2D eigenvalue weighted by Crippen LogP contribution is -2.56. The van der Waals surface area contributed by atoms with E-state index in [0.29, 0.717) is 18.4 Å². The zero-order chi connectivity index (χ0) is 31.9. The number of hydrogen-bond donors (Lipinski definition) is 1. The van der Waals surface area contributed by atoms with Crippen molar-refractivity contribution in [3.63, 3.8) is 0 Å². The number of aromatic nitrogens is 2. The van der Waals surface area contributed by atoms with Gasteiger partial charge in [-0.3, -0.25) is 9.69 Å². The van der Waals surface area contributed by atoms with E-state index in [4.69, 9.17) is 14.6 Å². The van der Waals surface area contributed by atoms with Gasteiger partial charge in [-0.25, -0.2) is 14.6 Å². The highest BCUT2D eigenvalue weighted by molar-refractivity contribution is 5.78. The number of carbonyl (C=O) groups excluding carboxylic acids is 2. The zero-order valence-electron chi connectivity index (χ0n) is 26.1. The molecule has 4 aliphatic rings. The molecule has 3 saturated heterocycles. The first-order valence-corrected chi connectivity index (χ1v) is 16.2. The van der Waals surface area contributed by atoms with Crippen molar-refractivity contribution in [2.24, 2.45) is 13.0 Å². The molecular formula is C31H48F3N5O5. The van der Waals surface area contributed by atoms with Crippen LogP contribution in [0.25, 0.3) is 0 Å². The largest absolute Gasteiger partial charge is 0.490 e. The van der Waals surface area contributed by atoms with Crippen molar-refractivity contribution in [1.82, 2.24) is 24.3 Å². The van der Waals surface area contributed by atoms with Crippen molar-refractivity contribution < 1.29 is 37.4 Å². The monoisotopic (exact) mass is 627 g/mol. The highest BCUT2D eigenvalue weighted by Crippen LogP contribution is 2.43. The van der Waals surface area contributed by atoms with Crippen LogP contribution in [0.15, 0.2) is 12.5 Å². The summed E-state index contributed by atoms with van der Waals surface area (Å²) in [5, 5.41) is 7.12. The molecule has 13 heteroatoms. The van der Waals surface area contributed by atoms with Crippen LogP contribution in [-0.4, -0.2) is 104 Å². The molecule has 2 amide bonds. The van der Waals surface area contributed by atoms with Gasteiger partial charge in [0, 0.05) is 64.9 Å². The van der Waals surface area contributed by atoms with Crippen LogP contribution in [0.3, 0.4) is 0 Å². The van der Waals surface area contributed by atoms with Crippen molar-refractivity contribution in [2.45, 2.75) is 114 Å². The molecule has 10 nitrogen and oxygen atoms in total. The Labute approximate surface area is 257 Å². The summed E-state index contributed by atoms with van der Waals surface area (Å²) < 4.78 is 39.9. The molecule has 0 radical (unpaired) electrons. The summed E-state index contributed by atoms with van der Waals surface area (Å²) in [4.78, 5) is 45.9. The molecule has 1 atom stereocenters. The average molecular weight is 628 g/mol. The van der Waals surface area contributed by atoms with Gasteiger partial charge in [0.1, 0.15) is 5.60 Å². The van der Waals surface area contributed by atoms with Crippen LogP contribution in [0.1, 0.15) is 89.7 Å². The Bertz CT molecular complexity index is 1110. The normalized spacial score (nSPS) is 23.4. The molecule has 3 aliphatic heterocycles. The molecule has 4 heterocycles. The fourth-order valence-electron chi connectivity index (χ4n) is 7.39. The number of aliphatic carboxylic acids is 1. The molecule has 1 spiro atoms. The van der Waals surface area contributed by atoms with E-state index in [0.717, 1.165) is 83.4 Å². The van der Waals surface area contributed by atoms with Gasteiger partial charge in [-0.05, 0) is 38.0 Å². The third kappa shape index (κ3) is 8.66. The van der Waals surface area contributed by atoms with Gasteiger partial charge in [0.2, 0.25) is 5.91 Å². The van der Waals surface area contributed by atoms with E-state index in [-0.39, 0.29) is 23.6 Å². The van der Waals surface area contributed by atoms with Gasteiger partial charge in [0.05, 0.1) is 24.5 Å². The maximum absolute atomic E-state index is 13.2. The number of amides is 2. The number of likely N-dealkylation sites (tertiary alicyclic amines) is 2. The Hall–Kier alpha value is -2.83. The minimum atomic E-state index is -5.08. The number of nitrogens with zero attached hydrogens (tertiary/aromatic N) is 5. The van der Waals surface area contributed by atoms with Crippen molar-refractivity contribution in [2.75, 3.05) is 32.7 Å². The summed E-state index contributed by atoms with van der Waals surface area (Å²) in [6.07, 6.45) is 12.7. The van der Waals surface area contributed by atoms with Crippen molar-refractivity contribution in [3.05, 3.63) is 18.2 Å². The van der Waals surface area contributed by atoms with Gasteiger partial charge in [0.15, 0.2) is 0 Å². The fraction of sp³-hybridized carbons (Fsp3) is 0.806. The highest BCUT2D eigenvalue weighted by atomic mass is 19.4. The number of ether oxygens (including phenoxy) is 1. The summed E-state index contributed by atoms with van der Waals surface area (Å²) in [6, 6.07) is 0.746. The Balaban J connectivity index is 0.000000566. The first-order chi connectivity index (χ1) is 20.9. The molecule has 1 saturated carbocycles. The topological polar surface area (TPSA) is 108 Å². The number of rotatable bonds is 8. The smallest absolute Gasteiger partial charge is 0.475 e. The van der Waals surface area contributed by atoms with Crippen LogP contribution in [0, 0.1) is 5.92 Å². The molecule has 0 bridgehead atoms.